The minimum Gasteiger partial charge on any atom is -0.508 e. The molecule has 4 N–H and O–H groups in total. The van der Waals surface area contributed by atoms with Crippen LogP contribution in [-0.4, -0.2) is 27.0 Å². The Kier molecular flexibility index (Phi) is 6.10. The molecule has 0 radical (unpaired) electrons. The maximum absolute atomic E-state index is 12.0. The van der Waals surface area contributed by atoms with E-state index in [0.717, 1.165) is 0 Å². The minimum absolute atomic E-state index is 0.0117. The number of anilines is 1. The first-order valence-electron chi connectivity index (χ1n) is 7.78. The molecule has 27 heavy (non-hydrogen) atoms. The SMILES string of the molecule is C/C(=C\C(=O)Nc1ccc([N+](=O)[O-])cc1)NC(C(=O)O)c1ccc(O)cc1. The fourth-order valence-corrected chi connectivity index (χ4v) is 2.27. The van der Waals surface area contributed by atoms with E-state index in [2.05, 4.69) is 10.6 Å². The number of nitro groups is 1. The van der Waals surface area contributed by atoms with Crippen molar-refractivity contribution in [2.45, 2.75) is 13.0 Å². The number of nitro benzene ring substituents is 1. The number of benzene rings is 2. The highest BCUT2D eigenvalue weighted by Gasteiger charge is 2.19. The second-order valence-corrected chi connectivity index (χ2v) is 5.63. The van der Waals surface area contributed by atoms with E-state index in [-0.39, 0.29) is 11.4 Å². The molecule has 2 aromatic rings. The summed E-state index contributed by atoms with van der Waals surface area (Å²) in [6.45, 7) is 1.53. The molecular formula is C18H17N3O6. The maximum Gasteiger partial charge on any atom is 0.330 e. The average Bonchev–Trinajstić information content (AvgIpc) is 2.60. The number of carboxylic acid groups (broad SMARTS) is 1. The Morgan fingerprint density at radius 3 is 2.22 bits per heavy atom. The van der Waals surface area contributed by atoms with Crippen LogP contribution in [-0.2, 0) is 9.59 Å². The number of nitrogens with zero attached hydrogens (tertiary/aromatic N) is 1. The fraction of sp³-hybridized carbons (Fsp3) is 0.111. The topological polar surface area (TPSA) is 142 Å². The van der Waals surface area contributed by atoms with Crippen molar-refractivity contribution in [2.75, 3.05) is 5.32 Å². The third-order valence-corrected chi connectivity index (χ3v) is 3.54. The first-order chi connectivity index (χ1) is 12.8. The predicted molar refractivity (Wildman–Crippen MR) is 97.1 cm³/mol. The van der Waals surface area contributed by atoms with Crippen molar-refractivity contribution < 1.29 is 24.7 Å². The van der Waals surface area contributed by atoms with E-state index in [0.29, 0.717) is 16.9 Å². The van der Waals surface area contributed by atoms with E-state index in [1.165, 1.54) is 61.5 Å². The first-order valence-corrected chi connectivity index (χ1v) is 7.78. The van der Waals surface area contributed by atoms with Gasteiger partial charge in [-0.1, -0.05) is 12.1 Å². The number of phenols is 1. The van der Waals surface area contributed by atoms with Gasteiger partial charge in [0.2, 0.25) is 5.91 Å². The van der Waals surface area contributed by atoms with Crippen molar-refractivity contribution in [2.24, 2.45) is 0 Å². The van der Waals surface area contributed by atoms with E-state index in [9.17, 15) is 29.9 Å². The molecule has 0 aromatic heterocycles. The van der Waals surface area contributed by atoms with Gasteiger partial charge < -0.3 is 20.8 Å². The predicted octanol–water partition coefficient (Wildman–Crippen LogP) is 2.56. The molecule has 0 bridgehead atoms. The summed E-state index contributed by atoms with van der Waals surface area (Å²) in [7, 11) is 0. The standard InChI is InChI=1S/C18H17N3O6/c1-11(19-17(18(24)25)12-2-8-15(22)9-3-12)10-16(23)20-13-4-6-14(7-5-13)21(26)27/h2-10,17,19,22H,1H3,(H,20,23)(H,24,25)/b11-10+. The maximum atomic E-state index is 12.0. The molecular weight excluding hydrogens is 354 g/mol. The highest BCUT2D eigenvalue weighted by atomic mass is 16.6. The van der Waals surface area contributed by atoms with E-state index in [4.69, 9.17) is 0 Å². The number of carbonyl (C=O) groups excluding carboxylic acids is 1. The van der Waals surface area contributed by atoms with Crippen LogP contribution in [0.1, 0.15) is 18.5 Å². The highest BCUT2D eigenvalue weighted by Crippen LogP contribution is 2.19. The Morgan fingerprint density at radius 2 is 1.70 bits per heavy atom. The fourth-order valence-electron chi connectivity index (χ4n) is 2.27. The molecule has 0 saturated heterocycles. The third-order valence-electron chi connectivity index (χ3n) is 3.54. The van der Waals surface area contributed by atoms with E-state index >= 15 is 0 Å². The molecule has 0 aliphatic rings. The van der Waals surface area contributed by atoms with Crippen LogP contribution in [0.25, 0.3) is 0 Å². The Bertz CT molecular complexity index is 875. The van der Waals surface area contributed by atoms with Crippen molar-refractivity contribution in [1.29, 1.82) is 0 Å². The molecule has 0 fully saturated rings. The van der Waals surface area contributed by atoms with Crippen LogP contribution in [0.15, 0.2) is 60.3 Å². The third kappa shape index (κ3) is 5.56. The summed E-state index contributed by atoms with van der Waals surface area (Å²) in [5, 5.41) is 34.5. The normalized spacial score (nSPS) is 12.1. The van der Waals surface area contributed by atoms with Gasteiger partial charge in [-0.3, -0.25) is 14.9 Å². The zero-order chi connectivity index (χ0) is 20.0. The number of aromatic hydroxyl groups is 1. The van der Waals surface area contributed by atoms with Crippen molar-refractivity contribution in [3.8, 4) is 5.75 Å². The van der Waals surface area contributed by atoms with Gasteiger partial charge in [-0.25, -0.2) is 4.79 Å². The van der Waals surface area contributed by atoms with Crippen LogP contribution < -0.4 is 10.6 Å². The largest absolute Gasteiger partial charge is 0.508 e. The van der Waals surface area contributed by atoms with E-state index < -0.39 is 22.8 Å². The lowest BCUT2D eigenvalue weighted by atomic mass is 10.1. The van der Waals surface area contributed by atoms with Crippen molar-refractivity contribution in [1.82, 2.24) is 5.32 Å². The molecule has 0 aliphatic carbocycles. The molecule has 1 atom stereocenters. The van der Waals surface area contributed by atoms with Crippen LogP contribution in [0, 0.1) is 10.1 Å². The van der Waals surface area contributed by atoms with Gasteiger partial charge >= 0.3 is 5.97 Å². The lowest BCUT2D eigenvalue weighted by Crippen LogP contribution is -2.27. The summed E-state index contributed by atoms with van der Waals surface area (Å²) < 4.78 is 0. The Hall–Kier alpha value is -3.88. The van der Waals surface area contributed by atoms with E-state index in [1.54, 1.807) is 0 Å². The number of non-ortho nitro benzene ring substituents is 1. The quantitative estimate of drug-likeness (QED) is 0.333. The van der Waals surface area contributed by atoms with Crippen molar-refractivity contribution in [3.05, 3.63) is 76.0 Å². The number of hydrogen-bond donors (Lipinski definition) is 4. The molecule has 0 saturated carbocycles. The molecule has 9 nitrogen and oxygen atoms in total. The number of rotatable bonds is 7. The number of carboxylic acids is 1. The van der Waals surface area contributed by atoms with E-state index in [1.807, 2.05) is 0 Å². The first kappa shape index (κ1) is 19.4. The van der Waals surface area contributed by atoms with Crippen LogP contribution in [0.4, 0.5) is 11.4 Å². The smallest absolute Gasteiger partial charge is 0.330 e. The van der Waals surface area contributed by atoms with Gasteiger partial charge in [-0.15, -0.1) is 0 Å². The number of nitrogens with one attached hydrogen (secondary N) is 2. The van der Waals surface area contributed by atoms with Gasteiger partial charge in [0.15, 0.2) is 0 Å². The Balaban J connectivity index is 2.05. The number of hydrogen-bond acceptors (Lipinski definition) is 6. The number of aliphatic carboxylic acids is 1. The van der Waals surface area contributed by atoms with Gasteiger partial charge in [0.25, 0.3) is 5.69 Å². The Morgan fingerprint density at radius 1 is 1.11 bits per heavy atom. The zero-order valence-electron chi connectivity index (χ0n) is 14.2. The average molecular weight is 371 g/mol. The number of carbonyl (C=O) groups is 2. The van der Waals surface area contributed by atoms with Crippen LogP contribution >= 0.6 is 0 Å². The number of phenolic OH excluding ortho intramolecular Hbond substituents is 1. The lowest BCUT2D eigenvalue weighted by Gasteiger charge is -2.16. The summed E-state index contributed by atoms with van der Waals surface area (Å²) >= 11 is 0. The molecule has 0 spiro atoms. The molecule has 2 aromatic carbocycles. The minimum atomic E-state index is -1.15. The molecule has 0 aliphatic heterocycles. The number of allylic oxidation sites excluding steroid dienone is 1. The Labute approximate surface area is 154 Å². The van der Waals surface area contributed by atoms with Gasteiger partial charge in [-0.05, 0) is 36.8 Å². The van der Waals surface area contributed by atoms with Crippen molar-refractivity contribution >= 4 is 23.3 Å². The highest BCUT2D eigenvalue weighted by molar-refractivity contribution is 5.99. The zero-order valence-corrected chi connectivity index (χ0v) is 14.2. The van der Waals surface area contributed by atoms with Gasteiger partial charge in [0, 0.05) is 29.6 Å². The molecule has 140 valence electrons. The summed E-state index contributed by atoms with van der Waals surface area (Å²) in [5.41, 5.74) is 0.973. The van der Waals surface area contributed by atoms with Crippen LogP contribution in [0.5, 0.6) is 5.75 Å². The molecule has 2 rings (SSSR count). The van der Waals surface area contributed by atoms with Gasteiger partial charge in [-0.2, -0.15) is 0 Å². The van der Waals surface area contributed by atoms with Crippen LogP contribution in [0.2, 0.25) is 0 Å². The summed E-state index contributed by atoms with van der Waals surface area (Å²) in [6, 6.07) is 9.86. The lowest BCUT2D eigenvalue weighted by molar-refractivity contribution is -0.384. The molecule has 9 heteroatoms. The molecule has 1 amide bonds. The second kappa shape index (κ2) is 8.48. The second-order valence-electron chi connectivity index (χ2n) is 5.63. The molecule has 0 heterocycles. The summed E-state index contributed by atoms with van der Waals surface area (Å²) in [5.74, 6) is -1.66. The summed E-state index contributed by atoms with van der Waals surface area (Å²) in [4.78, 5) is 33.6. The number of amides is 1. The van der Waals surface area contributed by atoms with Crippen LogP contribution in [0.3, 0.4) is 0 Å². The van der Waals surface area contributed by atoms with Gasteiger partial charge in [0.05, 0.1) is 4.92 Å². The monoisotopic (exact) mass is 371 g/mol. The van der Waals surface area contributed by atoms with Crippen molar-refractivity contribution in [3.63, 3.8) is 0 Å². The van der Waals surface area contributed by atoms with Gasteiger partial charge in [0.1, 0.15) is 11.8 Å². The summed E-state index contributed by atoms with van der Waals surface area (Å²) in [6.07, 6.45) is 1.18. The molecule has 1 unspecified atom stereocenters.